The van der Waals surface area contributed by atoms with Gasteiger partial charge in [-0.25, -0.2) is 9.78 Å². The minimum absolute atomic E-state index is 0.0354. The van der Waals surface area contributed by atoms with Gasteiger partial charge < -0.3 is 20.7 Å². The zero-order valence-electron chi connectivity index (χ0n) is 11.5. The monoisotopic (exact) mass is 303 g/mol. The number of pyridine rings is 1. The number of phenolic OH excluding ortho intramolecular Hbond substituents is 1. The van der Waals surface area contributed by atoms with Crippen LogP contribution in [-0.2, 0) is 4.74 Å². The molecule has 1 heterocycles. The van der Waals surface area contributed by atoms with Crippen molar-refractivity contribution >= 4 is 29.1 Å². The lowest BCUT2D eigenvalue weighted by Crippen LogP contribution is -2.12. The topological polar surface area (TPSA) is 142 Å². The van der Waals surface area contributed by atoms with Gasteiger partial charge >= 0.3 is 6.09 Å². The maximum atomic E-state index is 11.1. The van der Waals surface area contributed by atoms with Gasteiger partial charge in [0.25, 0.3) is 0 Å². The van der Waals surface area contributed by atoms with E-state index in [9.17, 15) is 9.90 Å². The molecule has 2 rings (SSSR count). The Morgan fingerprint density at radius 1 is 1.27 bits per heavy atom. The molecule has 1 aromatic heterocycles. The third-order valence-electron chi connectivity index (χ3n) is 2.54. The number of phenols is 1. The standard InChI is InChI=1S/C13H13N5O4/c1-22-13(21)16-12-10(20)6-9(11(14)15-12)18-17-7-2-4-8(19)5-3-7/h2-6,19-20H,1H3,(H3,14,15,16,21)/b18-17+. The van der Waals surface area contributed by atoms with Gasteiger partial charge in [0.15, 0.2) is 17.4 Å². The van der Waals surface area contributed by atoms with Crippen molar-refractivity contribution in [2.75, 3.05) is 18.2 Å². The second-order valence-electron chi connectivity index (χ2n) is 4.09. The van der Waals surface area contributed by atoms with Crippen LogP contribution >= 0.6 is 0 Å². The molecule has 2 aromatic rings. The Morgan fingerprint density at radius 3 is 2.59 bits per heavy atom. The lowest BCUT2D eigenvalue weighted by molar-refractivity contribution is 0.186. The summed E-state index contributed by atoms with van der Waals surface area (Å²) in [5.41, 5.74) is 6.29. The molecule has 0 unspecified atom stereocenters. The molecule has 0 saturated carbocycles. The van der Waals surface area contributed by atoms with E-state index >= 15 is 0 Å². The molecule has 0 radical (unpaired) electrons. The van der Waals surface area contributed by atoms with E-state index in [1.54, 1.807) is 12.1 Å². The number of ether oxygens (including phenoxy) is 1. The number of hydrogen-bond acceptors (Lipinski definition) is 8. The number of amides is 1. The maximum Gasteiger partial charge on any atom is 0.412 e. The number of carbonyl (C=O) groups excluding carboxylic acids is 1. The number of aromatic hydroxyl groups is 2. The number of nitrogen functional groups attached to an aromatic ring is 1. The molecule has 0 spiro atoms. The van der Waals surface area contributed by atoms with E-state index in [1.165, 1.54) is 25.3 Å². The molecule has 0 bridgehead atoms. The normalized spacial score (nSPS) is 10.6. The summed E-state index contributed by atoms with van der Waals surface area (Å²) in [6.07, 6.45) is -0.791. The molecule has 1 amide bonds. The van der Waals surface area contributed by atoms with Gasteiger partial charge in [-0.3, -0.25) is 5.32 Å². The zero-order chi connectivity index (χ0) is 16.1. The molecule has 114 valence electrons. The number of aromatic nitrogens is 1. The molecular formula is C13H13N5O4. The van der Waals surface area contributed by atoms with Crippen LogP contribution in [0.3, 0.4) is 0 Å². The molecule has 0 atom stereocenters. The Labute approximate surface area is 125 Å². The summed E-state index contributed by atoms with van der Waals surface area (Å²) in [6.45, 7) is 0. The number of rotatable bonds is 3. The highest BCUT2D eigenvalue weighted by Crippen LogP contribution is 2.32. The van der Waals surface area contributed by atoms with Gasteiger partial charge in [0.2, 0.25) is 0 Å². The van der Waals surface area contributed by atoms with Crippen molar-refractivity contribution < 1.29 is 19.7 Å². The fourth-order valence-electron chi connectivity index (χ4n) is 1.46. The number of methoxy groups -OCH3 is 1. The predicted molar refractivity (Wildman–Crippen MR) is 78.6 cm³/mol. The molecule has 0 aliphatic rings. The number of benzene rings is 1. The molecule has 9 heteroatoms. The first kappa shape index (κ1) is 15.0. The van der Waals surface area contributed by atoms with E-state index < -0.39 is 6.09 Å². The number of nitrogens with one attached hydrogen (secondary N) is 1. The molecule has 0 fully saturated rings. The van der Waals surface area contributed by atoms with E-state index in [2.05, 4.69) is 25.3 Å². The average Bonchev–Trinajstić information content (AvgIpc) is 2.50. The van der Waals surface area contributed by atoms with Crippen LogP contribution in [0.1, 0.15) is 0 Å². The Bertz CT molecular complexity index is 715. The minimum Gasteiger partial charge on any atom is -0.508 e. The lowest BCUT2D eigenvalue weighted by atomic mass is 10.3. The van der Waals surface area contributed by atoms with Crippen molar-refractivity contribution in [1.29, 1.82) is 0 Å². The van der Waals surface area contributed by atoms with Gasteiger partial charge in [-0.1, -0.05) is 0 Å². The number of carbonyl (C=O) groups is 1. The third kappa shape index (κ3) is 3.60. The molecule has 1 aromatic carbocycles. The SMILES string of the molecule is COC(=O)Nc1nc(N)c(/N=N/c2ccc(O)cc2)cc1O. The Kier molecular flexibility index (Phi) is 4.37. The van der Waals surface area contributed by atoms with Crippen LogP contribution in [0.5, 0.6) is 11.5 Å². The van der Waals surface area contributed by atoms with Crippen LogP contribution in [0, 0.1) is 0 Å². The van der Waals surface area contributed by atoms with E-state index in [0.29, 0.717) is 5.69 Å². The van der Waals surface area contributed by atoms with Crippen molar-refractivity contribution in [3.05, 3.63) is 30.3 Å². The quantitative estimate of drug-likeness (QED) is 0.642. The number of hydrogen-bond donors (Lipinski definition) is 4. The first-order chi connectivity index (χ1) is 10.5. The van der Waals surface area contributed by atoms with Crippen LogP contribution in [-0.4, -0.2) is 28.4 Å². The largest absolute Gasteiger partial charge is 0.508 e. The smallest absolute Gasteiger partial charge is 0.412 e. The van der Waals surface area contributed by atoms with E-state index in [4.69, 9.17) is 10.8 Å². The van der Waals surface area contributed by atoms with Crippen LogP contribution in [0.15, 0.2) is 40.6 Å². The highest BCUT2D eigenvalue weighted by molar-refractivity contribution is 5.86. The summed E-state index contributed by atoms with van der Waals surface area (Å²) in [5.74, 6) is -0.407. The summed E-state index contributed by atoms with van der Waals surface area (Å²) in [7, 11) is 1.18. The second kappa shape index (κ2) is 6.39. The second-order valence-corrected chi connectivity index (χ2v) is 4.09. The summed E-state index contributed by atoms with van der Waals surface area (Å²) in [5, 5.41) is 28.9. The number of nitrogens with zero attached hydrogens (tertiary/aromatic N) is 3. The molecule has 0 aliphatic heterocycles. The molecule has 22 heavy (non-hydrogen) atoms. The fraction of sp³-hybridized carbons (Fsp3) is 0.0769. The van der Waals surface area contributed by atoms with Gasteiger partial charge in [-0.05, 0) is 24.3 Å². The van der Waals surface area contributed by atoms with Crippen molar-refractivity contribution in [1.82, 2.24) is 4.98 Å². The van der Waals surface area contributed by atoms with E-state index in [0.717, 1.165) is 0 Å². The number of anilines is 2. The van der Waals surface area contributed by atoms with Gasteiger partial charge in [0.1, 0.15) is 11.4 Å². The van der Waals surface area contributed by atoms with E-state index in [-0.39, 0.29) is 28.8 Å². The predicted octanol–water partition coefficient (Wildman–Crippen LogP) is 2.67. The maximum absolute atomic E-state index is 11.1. The first-order valence-electron chi connectivity index (χ1n) is 6.05. The highest BCUT2D eigenvalue weighted by atomic mass is 16.5. The highest BCUT2D eigenvalue weighted by Gasteiger charge is 2.12. The summed E-state index contributed by atoms with van der Waals surface area (Å²) in [6, 6.07) is 7.22. The summed E-state index contributed by atoms with van der Waals surface area (Å²) in [4.78, 5) is 14.9. The van der Waals surface area contributed by atoms with Gasteiger partial charge in [0.05, 0.1) is 12.8 Å². The average molecular weight is 303 g/mol. The fourth-order valence-corrected chi connectivity index (χ4v) is 1.46. The Balaban J connectivity index is 2.23. The zero-order valence-corrected chi connectivity index (χ0v) is 11.5. The molecule has 5 N–H and O–H groups in total. The van der Waals surface area contributed by atoms with Gasteiger partial charge in [-0.2, -0.15) is 5.11 Å². The number of azo groups is 1. The summed E-state index contributed by atoms with van der Waals surface area (Å²) >= 11 is 0. The van der Waals surface area contributed by atoms with Crippen molar-refractivity contribution in [3.8, 4) is 11.5 Å². The van der Waals surface area contributed by atoms with Gasteiger partial charge in [0, 0.05) is 6.07 Å². The first-order valence-corrected chi connectivity index (χ1v) is 6.05. The van der Waals surface area contributed by atoms with Crippen molar-refractivity contribution in [2.24, 2.45) is 10.2 Å². The van der Waals surface area contributed by atoms with Crippen LogP contribution in [0.2, 0.25) is 0 Å². The Hall–Kier alpha value is -3.36. The molecular weight excluding hydrogens is 290 g/mol. The van der Waals surface area contributed by atoms with Crippen molar-refractivity contribution in [2.45, 2.75) is 0 Å². The van der Waals surface area contributed by atoms with Crippen LogP contribution in [0.25, 0.3) is 0 Å². The molecule has 0 aliphatic carbocycles. The lowest BCUT2D eigenvalue weighted by Gasteiger charge is -2.07. The van der Waals surface area contributed by atoms with Crippen molar-refractivity contribution in [3.63, 3.8) is 0 Å². The molecule has 9 nitrogen and oxygen atoms in total. The Morgan fingerprint density at radius 2 is 1.95 bits per heavy atom. The third-order valence-corrected chi connectivity index (χ3v) is 2.54. The van der Waals surface area contributed by atoms with Crippen LogP contribution < -0.4 is 11.1 Å². The molecule has 0 saturated heterocycles. The van der Waals surface area contributed by atoms with E-state index in [1.807, 2.05) is 0 Å². The minimum atomic E-state index is -0.791. The van der Waals surface area contributed by atoms with Crippen LogP contribution in [0.4, 0.5) is 27.8 Å². The number of nitrogens with two attached hydrogens (primary N) is 1. The van der Waals surface area contributed by atoms with Gasteiger partial charge in [-0.15, -0.1) is 5.11 Å². The summed E-state index contributed by atoms with van der Waals surface area (Å²) < 4.78 is 4.39.